The molecule has 0 aromatic heterocycles. The minimum atomic E-state index is -0.314. The van der Waals surface area contributed by atoms with Gasteiger partial charge in [-0.1, -0.05) is 24.3 Å². The minimum Gasteiger partial charge on any atom is -0.490 e. The van der Waals surface area contributed by atoms with Crippen molar-refractivity contribution in [1.29, 1.82) is 0 Å². The molecule has 23 heavy (non-hydrogen) atoms. The molecule has 0 amide bonds. The molecule has 0 radical (unpaired) electrons. The molecule has 2 rings (SSSR count). The van der Waals surface area contributed by atoms with Crippen molar-refractivity contribution in [3.05, 3.63) is 53.1 Å². The van der Waals surface area contributed by atoms with E-state index in [0.29, 0.717) is 12.2 Å². The molecule has 0 aliphatic heterocycles. The van der Waals surface area contributed by atoms with Crippen molar-refractivity contribution in [1.82, 2.24) is 0 Å². The third kappa shape index (κ3) is 4.19. The number of esters is 1. The van der Waals surface area contributed by atoms with Gasteiger partial charge in [0.1, 0.15) is 25.2 Å². The quantitative estimate of drug-likeness (QED) is 0.463. The first-order chi connectivity index (χ1) is 11.0. The molecule has 0 fully saturated rings. The fraction of sp³-hybridized carbons (Fsp3) is 0.263. The molecule has 4 nitrogen and oxygen atoms in total. The van der Waals surface area contributed by atoms with Gasteiger partial charge < -0.3 is 9.47 Å². The largest absolute Gasteiger partial charge is 0.490 e. The highest BCUT2D eigenvalue weighted by molar-refractivity contribution is 5.83. The summed E-state index contributed by atoms with van der Waals surface area (Å²) < 4.78 is 10.4. The summed E-state index contributed by atoms with van der Waals surface area (Å²) in [6.45, 7) is 5.87. The molecule has 0 N–H and O–H groups in total. The Balaban J connectivity index is 2.17. The number of aryl methyl sites for hydroxylation is 1. The molecular weight excluding hydrogens is 292 g/mol. The first kappa shape index (κ1) is 16.7. The number of hydrogen-bond donors (Lipinski definition) is 0. The summed E-state index contributed by atoms with van der Waals surface area (Å²) >= 11 is 0. The second-order valence-electron chi connectivity index (χ2n) is 5.30. The van der Waals surface area contributed by atoms with E-state index < -0.39 is 0 Å². The molecule has 2 aromatic carbocycles. The van der Waals surface area contributed by atoms with Crippen molar-refractivity contribution in [2.24, 2.45) is 0 Å². The topological polar surface area (TPSA) is 52.6 Å². The average molecular weight is 312 g/mol. The van der Waals surface area contributed by atoms with E-state index in [1.54, 1.807) is 0 Å². The Morgan fingerprint density at radius 3 is 2.52 bits per heavy atom. The molecule has 120 valence electrons. The monoisotopic (exact) mass is 312 g/mol. The van der Waals surface area contributed by atoms with Crippen LogP contribution in [0.1, 0.15) is 28.4 Å². The highest BCUT2D eigenvalue weighted by atomic mass is 16.6. The minimum absolute atomic E-state index is 0.233. The van der Waals surface area contributed by atoms with Crippen molar-refractivity contribution >= 4 is 12.3 Å². The van der Waals surface area contributed by atoms with Crippen LogP contribution in [0.25, 0.3) is 11.1 Å². The second kappa shape index (κ2) is 7.58. The van der Waals surface area contributed by atoms with Crippen LogP contribution in [-0.2, 0) is 9.53 Å². The third-order valence-corrected chi connectivity index (χ3v) is 3.65. The molecule has 0 heterocycles. The van der Waals surface area contributed by atoms with Crippen LogP contribution in [0.2, 0.25) is 0 Å². The number of carbonyl (C=O) groups is 2. The molecule has 0 unspecified atom stereocenters. The van der Waals surface area contributed by atoms with E-state index in [1.165, 1.54) is 6.92 Å². The van der Waals surface area contributed by atoms with Crippen LogP contribution in [0, 0.1) is 13.8 Å². The molecule has 0 aliphatic rings. The molecule has 0 saturated carbocycles. The highest BCUT2D eigenvalue weighted by Gasteiger charge is 2.09. The van der Waals surface area contributed by atoms with E-state index in [2.05, 4.69) is 0 Å². The SMILES string of the molecule is CC(=O)OCCOc1ccc(-c2cccc(C=O)c2C)c(C)c1. The van der Waals surface area contributed by atoms with Crippen molar-refractivity contribution in [3.63, 3.8) is 0 Å². The van der Waals surface area contributed by atoms with Crippen molar-refractivity contribution in [2.75, 3.05) is 13.2 Å². The van der Waals surface area contributed by atoms with Crippen LogP contribution in [0.5, 0.6) is 5.75 Å². The molecule has 0 bridgehead atoms. The Kier molecular flexibility index (Phi) is 5.52. The van der Waals surface area contributed by atoms with Crippen molar-refractivity contribution in [2.45, 2.75) is 20.8 Å². The van der Waals surface area contributed by atoms with Crippen LogP contribution in [-0.4, -0.2) is 25.5 Å². The summed E-state index contributed by atoms with van der Waals surface area (Å²) in [6, 6.07) is 11.5. The summed E-state index contributed by atoms with van der Waals surface area (Å²) in [6.07, 6.45) is 0.876. The number of carbonyl (C=O) groups excluding carboxylic acids is 2. The van der Waals surface area contributed by atoms with Crippen LogP contribution in [0.3, 0.4) is 0 Å². The predicted molar refractivity (Wildman–Crippen MR) is 88.9 cm³/mol. The average Bonchev–Trinajstić information content (AvgIpc) is 2.52. The number of ether oxygens (including phenoxy) is 2. The van der Waals surface area contributed by atoms with Gasteiger partial charge in [-0.3, -0.25) is 9.59 Å². The smallest absolute Gasteiger partial charge is 0.302 e. The maximum atomic E-state index is 11.1. The summed E-state index contributed by atoms with van der Waals surface area (Å²) in [5.74, 6) is 0.410. The molecule has 0 atom stereocenters. The van der Waals surface area contributed by atoms with Crippen LogP contribution in [0.4, 0.5) is 0 Å². The Morgan fingerprint density at radius 1 is 1.09 bits per heavy atom. The number of hydrogen-bond acceptors (Lipinski definition) is 4. The van der Waals surface area contributed by atoms with Gasteiger partial charge in [0.25, 0.3) is 0 Å². The molecule has 0 saturated heterocycles. The number of benzene rings is 2. The van der Waals surface area contributed by atoms with E-state index in [-0.39, 0.29) is 12.6 Å². The van der Waals surface area contributed by atoms with Gasteiger partial charge in [0.15, 0.2) is 0 Å². The first-order valence-electron chi connectivity index (χ1n) is 7.45. The summed E-state index contributed by atoms with van der Waals surface area (Å²) in [5.41, 5.74) is 4.83. The van der Waals surface area contributed by atoms with Crippen molar-refractivity contribution < 1.29 is 19.1 Å². The first-order valence-corrected chi connectivity index (χ1v) is 7.45. The third-order valence-electron chi connectivity index (χ3n) is 3.65. The normalized spacial score (nSPS) is 10.2. The zero-order chi connectivity index (χ0) is 16.8. The van der Waals surface area contributed by atoms with Gasteiger partial charge in [0.2, 0.25) is 0 Å². The van der Waals surface area contributed by atoms with Gasteiger partial charge in [-0.15, -0.1) is 0 Å². The van der Waals surface area contributed by atoms with Gasteiger partial charge in [-0.05, 0) is 48.2 Å². The molecular formula is C19H20O4. The van der Waals surface area contributed by atoms with Gasteiger partial charge in [0.05, 0.1) is 0 Å². The maximum Gasteiger partial charge on any atom is 0.302 e. The molecule has 0 spiro atoms. The Morgan fingerprint density at radius 2 is 1.87 bits per heavy atom. The van der Waals surface area contributed by atoms with Crippen LogP contribution >= 0.6 is 0 Å². The molecule has 2 aromatic rings. The lowest BCUT2D eigenvalue weighted by Gasteiger charge is -2.13. The van der Waals surface area contributed by atoms with Gasteiger partial charge >= 0.3 is 5.97 Å². The molecule has 0 aliphatic carbocycles. The van der Waals surface area contributed by atoms with E-state index in [4.69, 9.17) is 9.47 Å². The standard InChI is InChI=1S/C19H20O4/c1-13-11-17(23-10-9-22-15(3)21)7-8-18(13)19-6-4-5-16(12-20)14(19)2/h4-8,11-12H,9-10H2,1-3H3. The van der Waals surface area contributed by atoms with E-state index in [9.17, 15) is 9.59 Å². The van der Waals surface area contributed by atoms with E-state index in [0.717, 1.165) is 34.3 Å². The lowest BCUT2D eigenvalue weighted by molar-refractivity contribution is -0.141. The van der Waals surface area contributed by atoms with Gasteiger partial charge in [-0.2, -0.15) is 0 Å². The van der Waals surface area contributed by atoms with Crippen molar-refractivity contribution in [3.8, 4) is 16.9 Å². The highest BCUT2D eigenvalue weighted by Crippen LogP contribution is 2.30. The predicted octanol–water partition coefficient (Wildman–Crippen LogP) is 3.72. The lowest BCUT2D eigenvalue weighted by atomic mass is 9.94. The Bertz CT molecular complexity index is 719. The zero-order valence-corrected chi connectivity index (χ0v) is 13.6. The lowest BCUT2D eigenvalue weighted by Crippen LogP contribution is -2.09. The Hall–Kier alpha value is -2.62. The second-order valence-corrected chi connectivity index (χ2v) is 5.30. The fourth-order valence-electron chi connectivity index (χ4n) is 2.45. The maximum absolute atomic E-state index is 11.1. The fourth-order valence-corrected chi connectivity index (χ4v) is 2.45. The van der Waals surface area contributed by atoms with E-state index in [1.807, 2.05) is 50.2 Å². The zero-order valence-electron chi connectivity index (χ0n) is 13.6. The summed E-state index contributed by atoms with van der Waals surface area (Å²) in [5, 5.41) is 0. The van der Waals surface area contributed by atoms with Gasteiger partial charge in [0, 0.05) is 12.5 Å². The molecule has 4 heteroatoms. The van der Waals surface area contributed by atoms with Gasteiger partial charge in [-0.25, -0.2) is 0 Å². The number of aldehydes is 1. The Labute approximate surface area is 136 Å². The summed E-state index contributed by atoms with van der Waals surface area (Å²) in [7, 11) is 0. The summed E-state index contributed by atoms with van der Waals surface area (Å²) in [4.78, 5) is 21.8. The van der Waals surface area contributed by atoms with E-state index >= 15 is 0 Å². The number of rotatable bonds is 6. The van der Waals surface area contributed by atoms with Crippen LogP contribution in [0.15, 0.2) is 36.4 Å². The van der Waals surface area contributed by atoms with Crippen LogP contribution < -0.4 is 4.74 Å².